The van der Waals surface area contributed by atoms with Crippen LogP contribution in [-0.4, -0.2) is 93.3 Å². The maximum absolute atomic E-state index is 14.6. The van der Waals surface area contributed by atoms with Crippen molar-refractivity contribution in [2.75, 3.05) is 20.7 Å². The number of carbonyl (C=O) groups excluding carboxylic acids is 4. The number of phenolic OH excluding ortho intramolecular Hbond substituents is 1. The van der Waals surface area contributed by atoms with Gasteiger partial charge in [-0.05, 0) is 51.4 Å². The van der Waals surface area contributed by atoms with E-state index in [0.29, 0.717) is 18.4 Å². The molecule has 3 saturated carbocycles. The number of hydrogen-bond donors (Lipinski definition) is 5. The molecule has 0 spiro atoms. The predicted molar refractivity (Wildman–Crippen MR) is 163 cm³/mol. The standard InChI is InChI=1S/C34H42N2O10/c1-36(2)26-25-29(46-33(43)16-9-4-3-5-10-16)22-19(15-45-17-11-6-7-12-17)18-13-8-14-20(37)21(18)27(38)23(22)30(40)34(25,44)31(41)24(28(26)39)32(35)42/h8,13-14,16-17,19,22,25-26,29,37-38,41,44H,3-7,9-12,15H2,1-2H3,(H2,35,42). The number of Topliss-reactive ketones (excluding diaryl/α,β-unsaturated/α-hetero) is 2. The van der Waals surface area contributed by atoms with Gasteiger partial charge in [-0.3, -0.25) is 24.1 Å². The number of phenols is 1. The third-order valence-corrected chi connectivity index (χ3v) is 10.8. The number of primary amides is 1. The number of aromatic hydroxyl groups is 1. The number of rotatable bonds is 7. The number of fused-ring (bicyclic) bond motifs is 3. The van der Waals surface area contributed by atoms with E-state index in [0.717, 1.165) is 44.9 Å². The number of benzene rings is 1. The average Bonchev–Trinajstić information content (AvgIpc) is 3.54. The van der Waals surface area contributed by atoms with E-state index in [9.17, 15) is 39.6 Å². The average molecular weight is 639 g/mol. The lowest BCUT2D eigenvalue weighted by Crippen LogP contribution is -2.71. The van der Waals surface area contributed by atoms with Gasteiger partial charge in [0.25, 0.3) is 5.91 Å². The molecule has 6 rings (SSSR count). The first kappa shape index (κ1) is 32.2. The Morgan fingerprint density at radius 2 is 1.65 bits per heavy atom. The van der Waals surface area contributed by atoms with Crippen molar-refractivity contribution in [2.45, 2.75) is 87.6 Å². The summed E-state index contributed by atoms with van der Waals surface area (Å²) in [7, 11) is 3.01. The van der Waals surface area contributed by atoms with E-state index >= 15 is 0 Å². The van der Waals surface area contributed by atoms with Gasteiger partial charge in [0, 0.05) is 17.4 Å². The zero-order valence-electron chi connectivity index (χ0n) is 26.1. The molecule has 5 aliphatic carbocycles. The van der Waals surface area contributed by atoms with Crippen LogP contribution in [0.5, 0.6) is 5.75 Å². The molecule has 248 valence electrons. The largest absolute Gasteiger partial charge is 0.508 e. The van der Waals surface area contributed by atoms with E-state index in [-0.39, 0.29) is 24.0 Å². The number of carbonyl (C=O) groups is 4. The monoisotopic (exact) mass is 638 g/mol. The molecule has 12 heteroatoms. The van der Waals surface area contributed by atoms with Crippen LogP contribution in [-0.2, 0) is 28.7 Å². The van der Waals surface area contributed by atoms with Crippen molar-refractivity contribution in [1.29, 1.82) is 0 Å². The van der Waals surface area contributed by atoms with E-state index < -0.39 is 87.5 Å². The second kappa shape index (κ2) is 12.1. The minimum atomic E-state index is -2.98. The molecule has 5 aliphatic rings. The number of nitrogens with two attached hydrogens (primary N) is 1. The number of nitrogens with zero attached hydrogens (tertiary/aromatic N) is 1. The van der Waals surface area contributed by atoms with Gasteiger partial charge in [-0.1, -0.05) is 44.2 Å². The van der Waals surface area contributed by atoms with Gasteiger partial charge in [0.2, 0.25) is 5.78 Å². The van der Waals surface area contributed by atoms with E-state index in [1.54, 1.807) is 12.1 Å². The van der Waals surface area contributed by atoms with Gasteiger partial charge in [0.1, 0.15) is 28.9 Å². The maximum atomic E-state index is 14.6. The number of ether oxygens (including phenoxy) is 2. The molecule has 0 heterocycles. The summed E-state index contributed by atoms with van der Waals surface area (Å²) in [6.45, 7) is 0.0212. The van der Waals surface area contributed by atoms with E-state index in [1.165, 1.54) is 25.1 Å². The van der Waals surface area contributed by atoms with Crippen LogP contribution in [0.3, 0.4) is 0 Å². The molecule has 3 fully saturated rings. The molecule has 0 aliphatic heterocycles. The number of aliphatic hydroxyl groups excluding tert-OH is 2. The van der Waals surface area contributed by atoms with Crippen molar-refractivity contribution in [2.24, 2.45) is 23.5 Å². The summed E-state index contributed by atoms with van der Waals surface area (Å²) < 4.78 is 12.7. The van der Waals surface area contributed by atoms with Gasteiger partial charge in [-0.15, -0.1) is 0 Å². The minimum Gasteiger partial charge on any atom is -0.508 e. The highest BCUT2D eigenvalue weighted by Gasteiger charge is 2.70. The molecule has 0 aromatic heterocycles. The molecule has 6 atom stereocenters. The van der Waals surface area contributed by atoms with Gasteiger partial charge < -0.3 is 35.6 Å². The maximum Gasteiger partial charge on any atom is 0.309 e. The Bertz CT molecular complexity index is 1520. The summed E-state index contributed by atoms with van der Waals surface area (Å²) in [5, 5.41) is 46.5. The Balaban J connectivity index is 1.59. The quantitative estimate of drug-likeness (QED) is 0.217. The lowest BCUT2D eigenvalue weighted by Gasteiger charge is -2.55. The Morgan fingerprint density at radius 1 is 1.00 bits per heavy atom. The second-order valence-corrected chi connectivity index (χ2v) is 13.6. The number of aliphatic hydroxyl groups is 3. The van der Waals surface area contributed by atoms with Crippen LogP contribution >= 0.6 is 0 Å². The molecule has 6 unspecified atom stereocenters. The number of esters is 1. The first-order valence-electron chi connectivity index (χ1n) is 16.2. The molecular weight excluding hydrogens is 596 g/mol. The number of amides is 1. The number of ketones is 2. The Hall–Kier alpha value is -3.74. The summed E-state index contributed by atoms with van der Waals surface area (Å²) in [5.41, 5.74) is 1.58. The van der Waals surface area contributed by atoms with Crippen LogP contribution in [0.4, 0.5) is 0 Å². The molecule has 12 nitrogen and oxygen atoms in total. The van der Waals surface area contributed by atoms with E-state index in [2.05, 4.69) is 0 Å². The van der Waals surface area contributed by atoms with Crippen molar-refractivity contribution in [1.82, 2.24) is 4.90 Å². The van der Waals surface area contributed by atoms with Gasteiger partial charge in [-0.2, -0.15) is 0 Å². The summed E-state index contributed by atoms with van der Waals surface area (Å²) in [6.07, 6.45) is 5.94. The molecule has 46 heavy (non-hydrogen) atoms. The minimum absolute atomic E-state index is 0.0212. The zero-order chi connectivity index (χ0) is 33.1. The third-order valence-electron chi connectivity index (χ3n) is 10.8. The lowest BCUT2D eigenvalue weighted by atomic mass is 9.54. The first-order valence-corrected chi connectivity index (χ1v) is 16.2. The summed E-state index contributed by atoms with van der Waals surface area (Å²) >= 11 is 0. The van der Waals surface area contributed by atoms with Crippen LogP contribution in [0.2, 0.25) is 0 Å². The van der Waals surface area contributed by atoms with Gasteiger partial charge in [0.15, 0.2) is 11.4 Å². The Labute approximate surface area is 266 Å². The normalized spacial score (nSPS) is 32.0. The van der Waals surface area contributed by atoms with Crippen molar-refractivity contribution in [3.63, 3.8) is 0 Å². The molecule has 6 N–H and O–H groups in total. The van der Waals surface area contributed by atoms with Crippen LogP contribution < -0.4 is 5.73 Å². The molecule has 1 aromatic carbocycles. The highest BCUT2D eigenvalue weighted by molar-refractivity contribution is 6.24. The van der Waals surface area contributed by atoms with Crippen LogP contribution in [0.1, 0.15) is 74.8 Å². The highest BCUT2D eigenvalue weighted by Crippen LogP contribution is 2.57. The number of hydrogen-bond acceptors (Lipinski definition) is 11. The zero-order valence-corrected chi connectivity index (χ0v) is 26.1. The molecule has 0 radical (unpaired) electrons. The second-order valence-electron chi connectivity index (χ2n) is 13.6. The van der Waals surface area contributed by atoms with Crippen molar-refractivity contribution in [3.8, 4) is 5.75 Å². The highest BCUT2D eigenvalue weighted by atomic mass is 16.5. The first-order chi connectivity index (χ1) is 21.9. The number of likely N-dealkylation sites (N-methyl/N-ethyl adjacent to an activating group) is 1. The van der Waals surface area contributed by atoms with Crippen molar-refractivity contribution in [3.05, 3.63) is 46.2 Å². The SMILES string of the molecule is CN(C)C1C(=O)C(C(N)=O)=C(O)C2(O)C(=O)C3=C(O)c4c(O)cccc4C(COC4CCCC4)C3C(OC(=O)C3CCCCC3)C12. The summed E-state index contributed by atoms with van der Waals surface area (Å²) in [6, 6.07) is 3.20. The molecule has 0 saturated heterocycles. The van der Waals surface area contributed by atoms with Gasteiger partial charge in [0.05, 0.1) is 36.2 Å². The van der Waals surface area contributed by atoms with Gasteiger partial charge >= 0.3 is 5.97 Å². The summed E-state index contributed by atoms with van der Waals surface area (Å²) in [5.74, 6) is -10.2. The smallest absolute Gasteiger partial charge is 0.309 e. The van der Waals surface area contributed by atoms with Crippen LogP contribution in [0, 0.1) is 17.8 Å². The Morgan fingerprint density at radius 3 is 2.28 bits per heavy atom. The predicted octanol–water partition coefficient (Wildman–Crippen LogP) is 2.57. The Kier molecular flexibility index (Phi) is 8.49. The van der Waals surface area contributed by atoms with Crippen LogP contribution in [0.25, 0.3) is 5.76 Å². The summed E-state index contributed by atoms with van der Waals surface area (Å²) in [4.78, 5) is 56.3. The molecule has 0 bridgehead atoms. The topological polar surface area (TPSA) is 197 Å². The fraction of sp³-hybridized carbons (Fsp3) is 0.588. The van der Waals surface area contributed by atoms with Gasteiger partial charge in [-0.25, -0.2) is 0 Å². The molecule has 1 aromatic rings. The molecular formula is C34H42N2O10. The molecule has 1 amide bonds. The van der Waals surface area contributed by atoms with E-state index in [4.69, 9.17) is 15.2 Å². The van der Waals surface area contributed by atoms with E-state index in [1.807, 2.05) is 0 Å². The van der Waals surface area contributed by atoms with Crippen molar-refractivity contribution >= 4 is 29.2 Å². The van der Waals surface area contributed by atoms with Crippen molar-refractivity contribution < 1.29 is 49.1 Å². The van der Waals surface area contributed by atoms with Crippen LogP contribution in [0.15, 0.2) is 35.1 Å². The fourth-order valence-electron chi connectivity index (χ4n) is 8.57. The third kappa shape index (κ3) is 4.92. The fourth-order valence-corrected chi connectivity index (χ4v) is 8.57. The lowest BCUT2D eigenvalue weighted by molar-refractivity contribution is -0.189.